The highest BCUT2D eigenvalue weighted by molar-refractivity contribution is 7.89. The third-order valence-corrected chi connectivity index (χ3v) is 9.33. The molecule has 3 heterocycles. The first-order valence-corrected chi connectivity index (χ1v) is 15.2. The van der Waals surface area contributed by atoms with E-state index < -0.39 is 10.0 Å². The number of carbonyl (C=O) groups is 1. The first-order valence-electron chi connectivity index (χ1n) is 13.8. The van der Waals surface area contributed by atoms with E-state index in [1.807, 2.05) is 19.1 Å². The monoisotopic (exact) mass is 563 g/mol. The zero-order valence-electron chi connectivity index (χ0n) is 22.4. The average Bonchev–Trinajstić information content (AvgIpc) is 3.59. The van der Waals surface area contributed by atoms with Gasteiger partial charge in [0.05, 0.1) is 24.2 Å². The maximum atomic E-state index is 13.6. The van der Waals surface area contributed by atoms with E-state index in [0.29, 0.717) is 61.7 Å². The summed E-state index contributed by atoms with van der Waals surface area (Å²) in [4.78, 5) is 28.8. The van der Waals surface area contributed by atoms with E-state index in [4.69, 9.17) is 19.7 Å². The second-order valence-corrected chi connectivity index (χ2v) is 12.4. The number of morpholine rings is 1. The van der Waals surface area contributed by atoms with Gasteiger partial charge < -0.3 is 20.3 Å². The molecule has 3 aliphatic rings. The lowest BCUT2D eigenvalue weighted by Crippen LogP contribution is -2.44. The number of anilines is 2. The third-order valence-electron chi connectivity index (χ3n) is 7.37. The molecule has 6 rings (SSSR count). The van der Waals surface area contributed by atoms with Gasteiger partial charge in [0.2, 0.25) is 16.0 Å². The predicted octanol–water partition coefficient (Wildman–Crippen LogP) is 3.50. The molecule has 0 spiro atoms. The van der Waals surface area contributed by atoms with Gasteiger partial charge in [-0.3, -0.25) is 0 Å². The fourth-order valence-electron chi connectivity index (χ4n) is 4.99. The molecule has 40 heavy (non-hydrogen) atoms. The maximum absolute atomic E-state index is 13.6. The van der Waals surface area contributed by atoms with E-state index >= 15 is 0 Å². The van der Waals surface area contributed by atoms with Crippen molar-refractivity contribution in [3.05, 3.63) is 48.5 Å². The van der Waals surface area contributed by atoms with Crippen molar-refractivity contribution < 1.29 is 17.9 Å². The number of hydrogen-bond acceptors (Lipinski definition) is 8. The van der Waals surface area contributed by atoms with Crippen LogP contribution in [0.3, 0.4) is 0 Å². The van der Waals surface area contributed by atoms with Gasteiger partial charge in [0.15, 0.2) is 11.6 Å². The van der Waals surface area contributed by atoms with Gasteiger partial charge in [-0.25, -0.2) is 18.2 Å². The number of hydrogen-bond donors (Lipinski definition) is 2. The summed E-state index contributed by atoms with van der Waals surface area (Å²) >= 11 is 0. The number of ether oxygens (including phenoxy) is 1. The minimum Gasteiger partial charge on any atom is -0.377 e. The topological polar surface area (TPSA) is 130 Å². The molecule has 1 unspecified atom stereocenters. The lowest BCUT2D eigenvalue weighted by Gasteiger charge is -2.33. The summed E-state index contributed by atoms with van der Waals surface area (Å²) in [5.41, 5.74) is 1.81. The van der Waals surface area contributed by atoms with Gasteiger partial charge in [-0.05, 0) is 69.0 Å². The molecule has 2 aliphatic heterocycles. The Balaban J connectivity index is 1.39. The molecule has 1 aliphatic carbocycles. The Morgan fingerprint density at radius 2 is 1.68 bits per heavy atom. The minimum atomic E-state index is -3.71. The fourth-order valence-corrected chi connectivity index (χ4v) is 6.70. The molecule has 2 saturated heterocycles. The molecular weight excluding hydrogens is 530 g/mol. The molecule has 12 heteroatoms. The van der Waals surface area contributed by atoms with Gasteiger partial charge in [0.25, 0.3) is 0 Å². The van der Waals surface area contributed by atoms with Crippen LogP contribution in [0.2, 0.25) is 0 Å². The summed E-state index contributed by atoms with van der Waals surface area (Å²) in [6.45, 7) is 4.75. The molecule has 2 aromatic carbocycles. The summed E-state index contributed by atoms with van der Waals surface area (Å²) in [6, 6.07) is 14.3. The Labute approximate surface area is 234 Å². The number of nitrogens with one attached hydrogen (secondary N) is 2. The van der Waals surface area contributed by atoms with Gasteiger partial charge in [0, 0.05) is 42.5 Å². The molecule has 1 aromatic heterocycles. The summed E-state index contributed by atoms with van der Waals surface area (Å²) < 4.78 is 34.4. The lowest BCUT2D eigenvalue weighted by atomic mass is 10.1. The third kappa shape index (κ3) is 5.65. The molecule has 210 valence electrons. The fraction of sp³-hybridized carbons (Fsp3) is 0.429. The summed E-state index contributed by atoms with van der Waals surface area (Å²) in [5, 5.41) is 5.76. The molecule has 3 aromatic rings. The van der Waals surface area contributed by atoms with Crippen molar-refractivity contribution in [1.82, 2.24) is 24.6 Å². The number of amides is 2. The summed E-state index contributed by atoms with van der Waals surface area (Å²) in [7, 11) is -3.71. The molecule has 0 bridgehead atoms. The second-order valence-electron chi connectivity index (χ2n) is 10.5. The van der Waals surface area contributed by atoms with Crippen LogP contribution in [0.5, 0.6) is 0 Å². The largest absolute Gasteiger partial charge is 0.377 e. The normalized spacial score (nSPS) is 19.9. The number of rotatable bonds is 7. The van der Waals surface area contributed by atoms with Gasteiger partial charge >= 0.3 is 6.03 Å². The maximum Gasteiger partial charge on any atom is 0.319 e. The van der Waals surface area contributed by atoms with Crippen LogP contribution in [0, 0.1) is 0 Å². The summed E-state index contributed by atoms with van der Waals surface area (Å²) in [5.74, 6) is 1.18. The van der Waals surface area contributed by atoms with Crippen LogP contribution in [0.1, 0.15) is 32.6 Å². The van der Waals surface area contributed by atoms with E-state index in [1.165, 1.54) is 4.31 Å². The zero-order chi connectivity index (χ0) is 27.7. The number of urea groups is 1. The molecule has 0 radical (unpaired) electrons. The predicted molar refractivity (Wildman–Crippen MR) is 151 cm³/mol. The minimum absolute atomic E-state index is 0.0389. The van der Waals surface area contributed by atoms with Crippen LogP contribution in [-0.2, 0) is 14.8 Å². The van der Waals surface area contributed by atoms with Gasteiger partial charge in [-0.1, -0.05) is 12.1 Å². The van der Waals surface area contributed by atoms with Crippen molar-refractivity contribution in [3.63, 3.8) is 0 Å². The van der Waals surface area contributed by atoms with Crippen LogP contribution >= 0.6 is 0 Å². The molecule has 2 N–H and O–H groups in total. The van der Waals surface area contributed by atoms with E-state index in [2.05, 4.69) is 15.5 Å². The van der Waals surface area contributed by atoms with Gasteiger partial charge in [-0.15, -0.1) is 0 Å². The molecule has 11 nitrogen and oxygen atoms in total. The lowest BCUT2D eigenvalue weighted by molar-refractivity contribution is 0.0981. The van der Waals surface area contributed by atoms with Gasteiger partial charge in [-0.2, -0.15) is 14.3 Å². The number of aromatic nitrogens is 3. The van der Waals surface area contributed by atoms with E-state index in [9.17, 15) is 13.2 Å². The number of nitrogens with zero attached hydrogens (tertiary/aromatic N) is 5. The van der Waals surface area contributed by atoms with E-state index in [-0.39, 0.29) is 23.0 Å². The van der Waals surface area contributed by atoms with Crippen molar-refractivity contribution in [2.45, 2.75) is 49.6 Å². The van der Waals surface area contributed by atoms with Gasteiger partial charge in [0.1, 0.15) is 0 Å². The van der Waals surface area contributed by atoms with Crippen molar-refractivity contribution in [1.29, 1.82) is 0 Å². The smallest absolute Gasteiger partial charge is 0.319 e. The van der Waals surface area contributed by atoms with Crippen molar-refractivity contribution in [2.75, 3.05) is 43.1 Å². The van der Waals surface area contributed by atoms with Crippen LogP contribution < -0.4 is 15.5 Å². The highest BCUT2D eigenvalue weighted by Crippen LogP contribution is 2.32. The molecular formula is C28H33N7O4S. The molecule has 3 fully saturated rings. The van der Waals surface area contributed by atoms with Crippen molar-refractivity contribution >= 4 is 27.7 Å². The average molecular weight is 564 g/mol. The molecule has 1 saturated carbocycles. The van der Waals surface area contributed by atoms with Crippen LogP contribution in [0.25, 0.3) is 22.8 Å². The number of benzene rings is 2. The number of sulfonamides is 1. The standard InChI is InChI=1S/C28H33N7O4S/c1-19-18-39-17-16-35(19)27-32-25(20-8-10-21(11-9-20)29-28(36)30-22-12-13-22)31-26(33-27)23-6-2-3-7-24(23)40(37,38)34-14-4-5-15-34/h2-3,6-11,19,22H,4-5,12-18H2,1H3,(H2,29,30,36). The Morgan fingerprint density at radius 1 is 0.950 bits per heavy atom. The van der Waals surface area contributed by atoms with Crippen LogP contribution in [0.4, 0.5) is 16.4 Å². The highest BCUT2D eigenvalue weighted by Gasteiger charge is 2.31. The van der Waals surface area contributed by atoms with Crippen molar-refractivity contribution in [3.8, 4) is 22.8 Å². The highest BCUT2D eigenvalue weighted by atomic mass is 32.2. The van der Waals surface area contributed by atoms with Crippen LogP contribution in [-0.4, -0.2) is 78.6 Å². The quantitative estimate of drug-likeness (QED) is 0.447. The Bertz CT molecular complexity index is 1490. The zero-order valence-corrected chi connectivity index (χ0v) is 23.2. The SMILES string of the molecule is CC1COCCN1c1nc(-c2ccc(NC(=O)NC3CC3)cc2)nc(-c2ccccc2S(=O)(=O)N2CCCC2)n1. The Morgan fingerprint density at radius 3 is 2.40 bits per heavy atom. The van der Waals surface area contributed by atoms with Crippen LogP contribution in [0.15, 0.2) is 53.4 Å². The summed E-state index contributed by atoms with van der Waals surface area (Å²) in [6.07, 6.45) is 3.73. The van der Waals surface area contributed by atoms with Crippen molar-refractivity contribution in [2.24, 2.45) is 0 Å². The Kier molecular flexibility index (Phi) is 7.39. The first-order chi connectivity index (χ1) is 19.4. The van der Waals surface area contributed by atoms with E-state index in [1.54, 1.807) is 36.4 Å². The number of carbonyl (C=O) groups excluding carboxylic acids is 1. The molecule has 2 amide bonds. The Hall–Kier alpha value is -3.61. The second kappa shape index (κ2) is 11.1. The first kappa shape index (κ1) is 26.6. The molecule has 1 atom stereocenters. The van der Waals surface area contributed by atoms with E-state index in [0.717, 1.165) is 31.2 Å².